The van der Waals surface area contributed by atoms with Crippen molar-refractivity contribution in [3.63, 3.8) is 0 Å². The topological polar surface area (TPSA) is 97.0 Å². The molecule has 0 spiro atoms. The molecule has 2 aromatic rings. The minimum Gasteiger partial charge on any atom is -0.507 e. The molecular weight excluding hydrogens is 384 g/mol. The van der Waals surface area contributed by atoms with Crippen LogP contribution in [0.15, 0.2) is 27.4 Å². The Hall–Kier alpha value is -2.76. The van der Waals surface area contributed by atoms with Crippen LogP contribution in [-0.4, -0.2) is 23.3 Å². The van der Waals surface area contributed by atoms with Crippen molar-refractivity contribution >= 4 is 5.97 Å². The number of aryl methyl sites for hydroxylation is 1. The molecule has 6 nitrogen and oxygen atoms in total. The molecule has 0 aliphatic carbocycles. The first-order valence-electron chi connectivity index (χ1n) is 9.95. The first kappa shape index (κ1) is 23.5. The zero-order valence-electron chi connectivity index (χ0n) is 19.0. The van der Waals surface area contributed by atoms with E-state index in [0.717, 1.165) is 0 Å². The Labute approximate surface area is 177 Å². The first-order chi connectivity index (χ1) is 13.7. The third-order valence-electron chi connectivity index (χ3n) is 5.14. The maximum absolute atomic E-state index is 12.2. The van der Waals surface area contributed by atoms with Crippen LogP contribution in [0.3, 0.4) is 0 Å². The van der Waals surface area contributed by atoms with Crippen molar-refractivity contribution in [2.24, 2.45) is 0 Å². The fourth-order valence-electron chi connectivity index (χ4n) is 3.48. The summed E-state index contributed by atoms with van der Waals surface area (Å²) in [5.41, 5.74) is 0.715. The highest BCUT2D eigenvalue weighted by molar-refractivity contribution is 5.71. The largest absolute Gasteiger partial charge is 0.507 e. The molecule has 6 heteroatoms. The molecule has 2 rings (SSSR count). The highest BCUT2D eigenvalue weighted by atomic mass is 16.5. The quantitative estimate of drug-likeness (QED) is 0.704. The second kappa shape index (κ2) is 8.17. The Balaban J connectivity index is 2.88. The number of phenols is 1. The number of methoxy groups -OCH3 is 1. The van der Waals surface area contributed by atoms with Crippen LogP contribution in [0, 0.1) is 6.92 Å². The van der Waals surface area contributed by atoms with E-state index in [4.69, 9.17) is 9.15 Å². The van der Waals surface area contributed by atoms with E-state index in [1.807, 2.05) is 41.5 Å². The molecule has 1 aromatic heterocycles. The molecule has 2 N–H and O–H groups in total. The van der Waals surface area contributed by atoms with E-state index in [-0.39, 0.29) is 28.8 Å². The summed E-state index contributed by atoms with van der Waals surface area (Å²) in [6.07, 6.45) is -0.131. The summed E-state index contributed by atoms with van der Waals surface area (Å²) in [6.45, 7) is 13.5. The Morgan fingerprint density at radius 3 is 1.93 bits per heavy atom. The lowest BCUT2D eigenvalue weighted by molar-refractivity contribution is -0.140. The second-order valence-corrected chi connectivity index (χ2v) is 9.73. The van der Waals surface area contributed by atoms with Crippen molar-refractivity contribution in [3.05, 3.63) is 56.6 Å². The van der Waals surface area contributed by atoms with Crippen LogP contribution < -0.4 is 5.43 Å². The van der Waals surface area contributed by atoms with Gasteiger partial charge in [-0.1, -0.05) is 53.7 Å². The maximum Gasteiger partial charge on any atom is 0.306 e. The average molecular weight is 417 g/mol. The molecule has 30 heavy (non-hydrogen) atoms. The van der Waals surface area contributed by atoms with Gasteiger partial charge in [-0.25, -0.2) is 0 Å². The molecule has 1 heterocycles. The molecule has 1 atom stereocenters. The lowest BCUT2D eigenvalue weighted by Crippen LogP contribution is -2.20. The monoisotopic (exact) mass is 416 g/mol. The van der Waals surface area contributed by atoms with E-state index in [2.05, 4.69) is 0 Å². The SMILES string of the molecule is COC(=O)CC(c1cc(C(C)(C)C)c(O)c(C(C)(C)C)c1)c1oc(C)cc(=O)c1O. The van der Waals surface area contributed by atoms with Crippen molar-refractivity contribution in [3.8, 4) is 11.5 Å². The van der Waals surface area contributed by atoms with Gasteiger partial charge < -0.3 is 19.4 Å². The van der Waals surface area contributed by atoms with Gasteiger partial charge in [0.15, 0.2) is 5.76 Å². The van der Waals surface area contributed by atoms with Crippen molar-refractivity contribution in [1.29, 1.82) is 0 Å². The third kappa shape index (κ3) is 4.86. The molecule has 0 bridgehead atoms. The third-order valence-corrected chi connectivity index (χ3v) is 5.14. The van der Waals surface area contributed by atoms with Gasteiger partial charge in [0.1, 0.15) is 11.5 Å². The van der Waals surface area contributed by atoms with Crippen molar-refractivity contribution < 1.29 is 24.2 Å². The minimum atomic E-state index is -0.757. The number of phenolic OH excluding ortho intramolecular Hbond substituents is 1. The predicted octanol–water partition coefficient (Wildman–Crippen LogP) is 4.65. The Kier molecular flexibility index (Phi) is 6.40. The molecule has 164 valence electrons. The fourth-order valence-corrected chi connectivity index (χ4v) is 3.48. The van der Waals surface area contributed by atoms with Gasteiger partial charge in [0, 0.05) is 6.07 Å². The predicted molar refractivity (Wildman–Crippen MR) is 115 cm³/mol. The molecule has 1 unspecified atom stereocenters. The van der Waals surface area contributed by atoms with Gasteiger partial charge in [0.25, 0.3) is 0 Å². The number of benzene rings is 1. The van der Waals surface area contributed by atoms with Crippen LogP contribution in [0.1, 0.15) is 82.1 Å². The Morgan fingerprint density at radius 2 is 1.50 bits per heavy atom. The lowest BCUT2D eigenvalue weighted by atomic mass is 9.76. The average Bonchev–Trinajstić information content (AvgIpc) is 2.61. The summed E-state index contributed by atoms with van der Waals surface area (Å²) < 4.78 is 10.6. The van der Waals surface area contributed by atoms with Crippen molar-refractivity contribution in [2.75, 3.05) is 7.11 Å². The molecule has 0 fully saturated rings. The van der Waals surface area contributed by atoms with Gasteiger partial charge in [-0.3, -0.25) is 9.59 Å². The summed E-state index contributed by atoms with van der Waals surface area (Å²) in [4.78, 5) is 24.4. The Morgan fingerprint density at radius 1 is 1.00 bits per heavy atom. The zero-order chi connectivity index (χ0) is 23.0. The number of hydrogen-bond donors (Lipinski definition) is 2. The van der Waals surface area contributed by atoms with Crippen LogP contribution in [-0.2, 0) is 20.4 Å². The van der Waals surface area contributed by atoms with Crippen LogP contribution in [0.4, 0.5) is 0 Å². The molecule has 0 aliphatic heterocycles. The van der Waals surface area contributed by atoms with Crippen molar-refractivity contribution in [1.82, 2.24) is 0 Å². The standard InChI is InChI=1S/C24H32O6/c1-13-9-18(25)21(28)22(30-13)15(12-19(26)29-8)14-10-16(23(2,3)4)20(27)17(11-14)24(5,6)7/h9-11,15,27-28H,12H2,1-8H3. The van der Waals surface area contributed by atoms with Gasteiger partial charge in [-0.2, -0.15) is 0 Å². The van der Waals surface area contributed by atoms with E-state index in [1.54, 1.807) is 19.1 Å². The normalized spacial score (nSPS) is 13.2. The number of aromatic hydroxyl groups is 2. The fraction of sp³-hybridized carbons (Fsp3) is 0.500. The molecule has 0 saturated carbocycles. The number of rotatable bonds is 4. The summed E-state index contributed by atoms with van der Waals surface area (Å²) in [5, 5.41) is 21.4. The summed E-state index contributed by atoms with van der Waals surface area (Å²) >= 11 is 0. The van der Waals surface area contributed by atoms with Gasteiger partial charge in [-0.15, -0.1) is 0 Å². The lowest BCUT2D eigenvalue weighted by Gasteiger charge is -2.29. The van der Waals surface area contributed by atoms with Gasteiger partial charge in [0.2, 0.25) is 11.2 Å². The van der Waals surface area contributed by atoms with Crippen LogP contribution in [0.5, 0.6) is 11.5 Å². The van der Waals surface area contributed by atoms with Crippen LogP contribution >= 0.6 is 0 Å². The molecule has 0 radical (unpaired) electrons. The molecule has 0 amide bonds. The summed E-state index contributed by atoms with van der Waals surface area (Å²) in [5.74, 6) is -1.26. The van der Waals surface area contributed by atoms with Crippen LogP contribution in [0.2, 0.25) is 0 Å². The molecular formula is C24H32O6. The molecule has 0 saturated heterocycles. The van der Waals surface area contributed by atoms with Gasteiger partial charge in [0.05, 0.1) is 19.4 Å². The number of ether oxygens (including phenoxy) is 1. The van der Waals surface area contributed by atoms with E-state index < -0.39 is 23.1 Å². The molecule has 0 aliphatic rings. The zero-order valence-corrected chi connectivity index (χ0v) is 19.0. The molecule has 1 aromatic carbocycles. The first-order valence-corrected chi connectivity index (χ1v) is 9.95. The highest BCUT2D eigenvalue weighted by Crippen LogP contribution is 2.43. The summed E-state index contributed by atoms with van der Waals surface area (Å²) in [7, 11) is 1.28. The van der Waals surface area contributed by atoms with Crippen LogP contribution in [0.25, 0.3) is 0 Å². The minimum absolute atomic E-state index is 0.0100. The maximum atomic E-state index is 12.2. The number of carbonyl (C=O) groups is 1. The highest BCUT2D eigenvalue weighted by Gasteiger charge is 2.32. The number of hydrogen-bond acceptors (Lipinski definition) is 6. The number of carbonyl (C=O) groups excluding carboxylic acids is 1. The van der Waals surface area contributed by atoms with E-state index in [1.165, 1.54) is 13.2 Å². The van der Waals surface area contributed by atoms with Gasteiger partial charge in [-0.05, 0) is 34.4 Å². The van der Waals surface area contributed by atoms with Crippen molar-refractivity contribution in [2.45, 2.75) is 71.6 Å². The second-order valence-electron chi connectivity index (χ2n) is 9.73. The van der Waals surface area contributed by atoms with Gasteiger partial charge >= 0.3 is 5.97 Å². The van der Waals surface area contributed by atoms with E-state index in [9.17, 15) is 19.8 Å². The number of esters is 1. The summed E-state index contributed by atoms with van der Waals surface area (Å²) in [6, 6.07) is 4.81. The van der Waals surface area contributed by atoms with E-state index >= 15 is 0 Å². The van der Waals surface area contributed by atoms with E-state index in [0.29, 0.717) is 22.5 Å². The Bertz CT molecular complexity index is 967. The smallest absolute Gasteiger partial charge is 0.306 e.